The molecule has 0 N–H and O–H groups in total. The summed E-state index contributed by atoms with van der Waals surface area (Å²) in [6.07, 6.45) is 1.61. The van der Waals surface area contributed by atoms with Crippen molar-refractivity contribution in [2.45, 2.75) is 6.92 Å². The van der Waals surface area contributed by atoms with Gasteiger partial charge in [-0.15, -0.1) is 0 Å². The molecule has 0 unspecified atom stereocenters. The minimum absolute atomic E-state index is 0.0211. The molecule has 12 heteroatoms. The molecule has 0 atom stereocenters. The van der Waals surface area contributed by atoms with Gasteiger partial charge in [-0.1, -0.05) is 0 Å². The zero-order valence-corrected chi connectivity index (χ0v) is 15.6. The highest BCUT2D eigenvalue weighted by molar-refractivity contribution is 9.10. The van der Waals surface area contributed by atoms with E-state index in [1.807, 2.05) is 0 Å². The van der Waals surface area contributed by atoms with Gasteiger partial charge in [-0.2, -0.15) is 9.78 Å². The van der Waals surface area contributed by atoms with E-state index >= 15 is 0 Å². The van der Waals surface area contributed by atoms with Crippen molar-refractivity contribution in [1.82, 2.24) is 14.3 Å². The largest absolute Gasteiger partial charge is 0.352 e. The van der Waals surface area contributed by atoms with Gasteiger partial charge >= 0.3 is 5.69 Å². The van der Waals surface area contributed by atoms with Crippen molar-refractivity contribution in [1.29, 1.82) is 0 Å². The second kappa shape index (κ2) is 6.52. The van der Waals surface area contributed by atoms with Gasteiger partial charge < -0.3 is 0 Å². The van der Waals surface area contributed by atoms with Gasteiger partial charge in [0.2, 0.25) is 15.9 Å². The second-order valence-corrected chi connectivity index (χ2v) is 7.72. The van der Waals surface area contributed by atoms with E-state index in [9.17, 15) is 27.2 Å². The zero-order valence-electron chi connectivity index (χ0n) is 13.2. The van der Waals surface area contributed by atoms with E-state index in [4.69, 9.17) is 0 Å². The molecule has 0 aliphatic heterocycles. The highest BCUT2D eigenvalue weighted by atomic mass is 79.9. The highest BCUT2D eigenvalue weighted by Gasteiger charge is 2.26. The Hall–Kier alpha value is -2.34. The summed E-state index contributed by atoms with van der Waals surface area (Å²) >= 11 is 3.00. The molecular formula is C13H12BrFN4O5S. The average Bonchev–Trinajstić information content (AvgIpc) is 2.46. The third-order valence-corrected chi connectivity index (χ3v) is 4.92. The van der Waals surface area contributed by atoms with Crippen molar-refractivity contribution in [3.8, 4) is 5.69 Å². The molecule has 2 aromatic rings. The summed E-state index contributed by atoms with van der Waals surface area (Å²) in [6.45, 7) is 1.02. The van der Waals surface area contributed by atoms with E-state index in [1.165, 1.54) is 7.05 Å². The van der Waals surface area contributed by atoms with Crippen LogP contribution >= 0.6 is 15.9 Å². The monoisotopic (exact) mass is 434 g/mol. The van der Waals surface area contributed by atoms with E-state index < -0.39 is 38.7 Å². The van der Waals surface area contributed by atoms with Gasteiger partial charge in [0, 0.05) is 18.4 Å². The van der Waals surface area contributed by atoms with Crippen molar-refractivity contribution >= 4 is 37.5 Å². The van der Waals surface area contributed by atoms with Crippen molar-refractivity contribution in [3.05, 3.63) is 49.5 Å². The molecule has 1 heterocycles. The first-order valence-electron chi connectivity index (χ1n) is 6.60. The van der Waals surface area contributed by atoms with E-state index in [1.54, 1.807) is 0 Å². The van der Waals surface area contributed by atoms with Crippen LogP contribution in [-0.4, -0.2) is 34.9 Å². The Morgan fingerprint density at radius 2 is 1.92 bits per heavy atom. The van der Waals surface area contributed by atoms with Crippen molar-refractivity contribution in [2.24, 2.45) is 7.05 Å². The van der Waals surface area contributed by atoms with Crippen LogP contribution in [-0.2, 0) is 21.9 Å². The minimum atomic E-state index is -4.01. The second-order valence-electron chi connectivity index (χ2n) is 5.04. The molecule has 0 bridgehead atoms. The Bertz CT molecular complexity index is 1090. The minimum Gasteiger partial charge on any atom is -0.274 e. The fourth-order valence-electron chi connectivity index (χ4n) is 2.07. The summed E-state index contributed by atoms with van der Waals surface area (Å²) in [4.78, 5) is 35.3. The van der Waals surface area contributed by atoms with Crippen LogP contribution in [0.3, 0.4) is 0 Å². The number of amides is 1. The number of hydrogen-bond donors (Lipinski definition) is 0. The van der Waals surface area contributed by atoms with E-state index in [0.717, 1.165) is 31.5 Å². The molecule has 0 spiro atoms. The predicted octanol–water partition coefficient (Wildman–Crippen LogP) is 0.145. The molecule has 25 heavy (non-hydrogen) atoms. The Balaban J connectivity index is 2.84. The van der Waals surface area contributed by atoms with Gasteiger partial charge in [0.05, 0.1) is 11.9 Å². The Morgan fingerprint density at radius 3 is 2.44 bits per heavy atom. The van der Waals surface area contributed by atoms with Crippen LogP contribution < -0.4 is 15.6 Å². The number of carbonyl (C=O) groups is 1. The van der Waals surface area contributed by atoms with Gasteiger partial charge in [0.25, 0.3) is 5.56 Å². The van der Waals surface area contributed by atoms with E-state index in [2.05, 4.69) is 21.0 Å². The molecule has 9 nitrogen and oxygen atoms in total. The molecular weight excluding hydrogens is 423 g/mol. The number of sulfonamides is 1. The van der Waals surface area contributed by atoms with Crippen LogP contribution in [0.15, 0.2) is 32.4 Å². The van der Waals surface area contributed by atoms with E-state index in [-0.39, 0.29) is 10.2 Å². The maximum atomic E-state index is 14.3. The van der Waals surface area contributed by atoms with E-state index in [0.29, 0.717) is 13.6 Å². The topological polar surface area (TPSA) is 111 Å². The van der Waals surface area contributed by atoms with Crippen LogP contribution in [0.5, 0.6) is 0 Å². The van der Waals surface area contributed by atoms with Crippen LogP contribution in [0.25, 0.3) is 5.69 Å². The molecule has 1 aromatic carbocycles. The first-order chi connectivity index (χ1) is 11.4. The van der Waals surface area contributed by atoms with Gasteiger partial charge in [0.1, 0.15) is 17.7 Å². The number of carbonyl (C=O) groups excluding carboxylic acids is 1. The summed E-state index contributed by atoms with van der Waals surface area (Å²) in [5.74, 6) is -1.75. The Morgan fingerprint density at radius 1 is 1.32 bits per heavy atom. The fourth-order valence-corrected chi connectivity index (χ4v) is 3.66. The molecule has 0 saturated heterocycles. The van der Waals surface area contributed by atoms with Gasteiger partial charge in [0.15, 0.2) is 0 Å². The first-order valence-corrected chi connectivity index (χ1v) is 9.25. The third-order valence-electron chi connectivity index (χ3n) is 3.16. The number of hydrogen-bond acceptors (Lipinski definition) is 6. The lowest BCUT2D eigenvalue weighted by Crippen LogP contribution is -2.39. The smallest absolute Gasteiger partial charge is 0.274 e. The van der Waals surface area contributed by atoms with Crippen molar-refractivity contribution < 1.29 is 17.6 Å². The summed E-state index contributed by atoms with van der Waals surface area (Å²) in [6, 6.07) is 1.87. The summed E-state index contributed by atoms with van der Waals surface area (Å²) in [7, 11) is -2.83. The lowest BCUT2D eigenvalue weighted by molar-refractivity contribution is -0.115. The lowest BCUT2D eigenvalue weighted by atomic mass is 10.2. The average molecular weight is 435 g/mol. The Kier molecular flexibility index (Phi) is 4.95. The maximum absolute atomic E-state index is 14.3. The zero-order chi connectivity index (χ0) is 19.1. The van der Waals surface area contributed by atoms with Crippen molar-refractivity contribution in [3.63, 3.8) is 0 Å². The Labute approximate surface area is 149 Å². The predicted molar refractivity (Wildman–Crippen MR) is 90.7 cm³/mol. The number of anilines is 1. The molecule has 2 rings (SSSR count). The van der Waals surface area contributed by atoms with Crippen LogP contribution in [0.2, 0.25) is 0 Å². The quantitative estimate of drug-likeness (QED) is 0.679. The van der Waals surface area contributed by atoms with Gasteiger partial charge in [-0.25, -0.2) is 21.9 Å². The SMILES string of the molecule is CC(=O)N(c1cc(-n2ncc(=O)n(C)c2=O)c(F)cc1Br)S(C)(=O)=O. The summed E-state index contributed by atoms with van der Waals surface area (Å²) < 4.78 is 39.8. The summed E-state index contributed by atoms with van der Waals surface area (Å²) in [5.41, 5.74) is -2.25. The van der Waals surface area contributed by atoms with Crippen LogP contribution in [0.1, 0.15) is 6.92 Å². The fraction of sp³-hybridized carbons (Fsp3) is 0.231. The van der Waals surface area contributed by atoms with Gasteiger partial charge in [-0.3, -0.25) is 14.2 Å². The third kappa shape index (κ3) is 3.54. The van der Waals surface area contributed by atoms with Crippen LogP contribution in [0.4, 0.5) is 10.1 Å². The molecule has 0 fully saturated rings. The van der Waals surface area contributed by atoms with Gasteiger partial charge in [-0.05, 0) is 28.1 Å². The number of aromatic nitrogens is 3. The normalized spacial score (nSPS) is 11.4. The molecule has 0 aliphatic rings. The number of halogens is 2. The first kappa shape index (κ1) is 19.0. The lowest BCUT2D eigenvalue weighted by Gasteiger charge is -2.21. The molecule has 134 valence electrons. The molecule has 1 amide bonds. The molecule has 0 saturated carbocycles. The molecule has 0 radical (unpaired) electrons. The van der Waals surface area contributed by atoms with Crippen molar-refractivity contribution in [2.75, 3.05) is 10.6 Å². The summed E-state index contributed by atoms with van der Waals surface area (Å²) in [5, 5.41) is 3.57. The standard InChI is InChI=1S/C13H12BrFN4O5S/c1-7(20)19(25(3,23)24)10-5-11(9(15)4-8(10)14)18-13(22)17(2)12(21)6-16-18/h4-6H,1-3H3. The number of nitrogens with zero attached hydrogens (tertiary/aromatic N) is 4. The van der Waals surface area contributed by atoms with Crippen LogP contribution in [0, 0.1) is 5.82 Å². The number of rotatable bonds is 3. The maximum Gasteiger partial charge on any atom is 0.352 e. The highest BCUT2D eigenvalue weighted by Crippen LogP contribution is 2.32. The number of benzene rings is 1. The molecule has 1 aromatic heterocycles. The molecule has 0 aliphatic carbocycles.